The molecule has 0 atom stereocenters. The number of benzene rings is 1. The number of ether oxygens (including phenoxy) is 1. The summed E-state index contributed by atoms with van der Waals surface area (Å²) < 4.78 is 5.17. The normalized spacial score (nSPS) is 14.7. The molecule has 1 fully saturated rings. The standard InChI is InChI=1S/C17H17NO2/c1-20-17-15(9-4-10-18-17)16(19)14-8-3-7-13(11-14)12-5-2-6-12/h3-4,7-12H,2,5-6H2,1H3. The zero-order valence-corrected chi connectivity index (χ0v) is 11.5. The van der Waals surface area contributed by atoms with E-state index in [9.17, 15) is 4.79 Å². The lowest BCUT2D eigenvalue weighted by molar-refractivity contribution is 0.103. The lowest BCUT2D eigenvalue weighted by Crippen LogP contribution is -2.10. The Bertz CT molecular complexity index is 632. The fourth-order valence-electron chi connectivity index (χ4n) is 2.56. The molecule has 0 unspecified atom stereocenters. The fraction of sp³-hybridized carbons (Fsp3) is 0.294. The number of hydrogen-bond acceptors (Lipinski definition) is 3. The Balaban J connectivity index is 1.93. The van der Waals surface area contributed by atoms with Crippen LogP contribution in [0.5, 0.6) is 5.88 Å². The Hall–Kier alpha value is -2.16. The molecule has 20 heavy (non-hydrogen) atoms. The number of methoxy groups -OCH3 is 1. The maximum absolute atomic E-state index is 12.6. The van der Waals surface area contributed by atoms with Gasteiger partial charge in [0, 0.05) is 11.8 Å². The molecule has 0 saturated heterocycles. The van der Waals surface area contributed by atoms with E-state index < -0.39 is 0 Å². The minimum absolute atomic E-state index is 0.0314. The average Bonchev–Trinajstić information content (AvgIpc) is 2.45. The van der Waals surface area contributed by atoms with E-state index in [1.165, 1.54) is 31.9 Å². The first-order chi connectivity index (χ1) is 9.79. The number of rotatable bonds is 4. The second kappa shape index (κ2) is 5.45. The van der Waals surface area contributed by atoms with Crippen molar-refractivity contribution < 1.29 is 9.53 Å². The van der Waals surface area contributed by atoms with Gasteiger partial charge in [0.25, 0.3) is 0 Å². The smallest absolute Gasteiger partial charge is 0.224 e. The second-order valence-electron chi connectivity index (χ2n) is 5.14. The van der Waals surface area contributed by atoms with Crippen LogP contribution in [-0.2, 0) is 0 Å². The van der Waals surface area contributed by atoms with E-state index >= 15 is 0 Å². The van der Waals surface area contributed by atoms with E-state index in [0.29, 0.717) is 22.9 Å². The Kier molecular flexibility index (Phi) is 3.50. The SMILES string of the molecule is COc1ncccc1C(=O)c1cccc(C2CCC2)c1. The van der Waals surface area contributed by atoms with E-state index in [1.54, 1.807) is 18.3 Å². The van der Waals surface area contributed by atoms with E-state index in [2.05, 4.69) is 11.1 Å². The van der Waals surface area contributed by atoms with Crippen molar-refractivity contribution in [3.63, 3.8) is 0 Å². The van der Waals surface area contributed by atoms with Gasteiger partial charge in [0.1, 0.15) is 0 Å². The van der Waals surface area contributed by atoms with E-state index in [1.807, 2.05) is 18.2 Å². The molecule has 0 spiro atoms. The van der Waals surface area contributed by atoms with Crippen LogP contribution in [0.25, 0.3) is 0 Å². The third-order valence-electron chi connectivity index (χ3n) is 3.93. The summed E-state index contributed by atoms with van der Waals surface area (Å²) in [7, 11) is 1.53. The molecule has 3 nitrogen and oxygen atoms in total. The predicted octanol–water partition coefficient (Wildman–Crippen LogP) is 3.59. The lowest BCUT2D eigenvalue weighted by atomic mass is 9.79. The third kappa shape index (κ3) is 2.31. The first-order valence-electron chi connectivity index (χ1n) is 6.93. The zero-order valence-electron chi connectivity index (χ0n) is 11.5. The summed E-state index contributed by atoms with van der Waals surface area (Å²) in [5.41, 5.74) is 2.49. The van der Waals surface area contributed by atoms with Gasteiger partial charge < -0.3 is 4.74 Å². The van der Waals surface area contributed by atoms with Crippen LogP contribution in [0.1, 0.15) is 46.7 Å². The largest absolute Gasteiger partial charge is 0.480 e. The molecular formula is C17H17NO2. The van der Waals surface area contributed by atoms with Crippen LogP contribution in [0, 0.1) is 0 Å². The number of carbonyl (C=O) groups is 1. The van der Waals surface area contributed by atoms with Crippen molar-refractivity contribution in [1.82, 2.24) is 4.98 Å². The highest BCUT2D eigenvalue weighted by Crippen LogP contribution is 2.36. The summed E-state index contributed by atoms with van der Waals surface area (Å²) >= 11 is 0. The Morgan fingerprint density at radius 1 is 1.25 bits per heavy atom. The predicted molar refractivity (Wildman–Crippen MR) is 77.3 cm³/mol. The first-order valence-corrected chi connectivity index (χ1v) is 6.93. The Labute approximate surface area is 118 Å². The molecule has 3 heteroatoms. The van der Waals surface area contributed by atoms with Crippen molar-refractivity contribution in [2.45, 2.75) is 25.2 Å². The topological polar surface area (TPSA) is 39.2 Å². The van der Waals surface area contributed by atoms with Gasteiger partial charge in [-0.2, -0.15) is 0 Å². The average molecular weight is 267 g/mol. The second-order valence-corrected chi connectivity index (χ2v) is 5.14. The number of nitrogens with zero attached hydrogens (tertiary/aromatic N) is 1. The monoisotopic (exact) mass is 267 g/mol. The van der Waals surface area contributed by atoms with Gasteiger partial charge in [-0.15, -0.1) is 0 Å². The van der Waals surface area contributed by atoms with Gasteiger partial charge in [-0.05, 0) is 42.5 Å². The van der Waals surface area contributed by atoms with Crippen LogP contribution in [-0.4, -0.2) is 17.9 Å². The molecule has 1 heterocycles. The number of hydrogen-bond donors (Lipinski definition) is 0. The van der Waals surface area contributed by atoms with Gasteiger partial charge in [-0.3, -0.25) is 4.79 Å². The summed E-state index contributed by atoms with van der Waals surface area (Å²) in [6.07, 6.45) is 5.38. The Morgan fingerprint density at radius 2 is 2.10 bits per heavy atom. The summed E-state index contributed by atoms with van der Waals surface area (Å²) in [5.74, 6) is 0.973. The molecule has 0 bridgehead atoms. The molecule has 0 amide bonds. The van der Waals surface area contributed by atoms with Crippen LogP contribution in [0.3, 0.4) is 0 Å². The van der Waals surface area contributed by atoms with Crippen molar-refractivity contribution >= 4 is 5.78 Å². The number of carbonyl (C=O) groups excluding carboxylic acids is 1. The highest BCUT2D eigenvalue weighted by Gasteiger charge is 2.21. The minimum Gasteiger partial charge on any atom is -0.480 e. The number of aromatic nitrogens is 1. The molecular weight excluding hydrogens is 250 g/mol. The number of ketones is 1. The van der Waals surface area contributed by atoms with Gasteiger partial charge in [0.15, 0.2) is 5.78 Å². The fourth-order valence-corrected chi connectivity index (χ4v) is 2.56. The van der Waals surface area contributed by atoms with Crippen LogP contribution in [0.4, 0.5) is 0 Å². The lowest BCUT2D eigenvalue weighted by Gasteiger charge is -2.26. The third-order valence-corrected chi connectivity index (χ3v) is 3.93. The molecule has 3 rings (SSSR count). The summed E-state index contributed by atoms with van der Waals surface area (Å²) in [6.45, 7) is 0. The van der Waals surface area contributed by atoms with Crippen molar-refractivity contribution in [3.8, 4) is 5.88 Å². The Morgan fingerprint density at radius 3 is 2.80 bits per heavy atom. The summed E-state index contributed by atoms with van der Waals surface area (Å²) in [6, 6.07) is 11.5. The molecule has 1 aromatic carbocycles. The molecule has 1 saturated carbocycles. The van der Waals surface area contributed by atoms with Crippen molar-refractivity contribution in [2.75, 3.05) is 7.11 Å². The first kappa shape index (κ1) is 12.9. The van der Waals surface area contributed by atoms with Gasteiger partial charge in [0.2, 0.25) is 5.88 Å². The van der Waals surface area contributed by atoms with Crippen LogP contribution >= 0.6 is 0 Å². The molecule has 0 radical (unpaired) electrons. The maximum Gasteiger partial charge on any atom is 0.224 e. The van der Waals surface area contributed by atoms with Gasteiger partial charge in [0.05, 0.1) is 12.7 Å². The zero-order chi connectivity index (χ0) is 13.9. The van der Waals surface area contributed by atoms with Crippen molar-refractivity contribution in [1.29, 1.82) is 0 Å². The van der Waals surface area contributed by atoms with Crippen LogP contribution in [0.2, 0.25) is 0 Å². The van der Waals surface area contributed by atoms with Crippen LogP contribution < -0.4 is 4.74 Å². The van der Waals surface area contributed by atoms with Gasteiger partial charge in [-0.25, -0.2) is 4.98 Å². The summed E-state index contributed by atoms with van der Waals surface area (Å²) in [4.78, 5) is 16.7. The highest BCUT2D eigenvalue weighted by atomic mass is 16.5. The van der Waals surface area contributed by atoms with Gasteiger partial charge >= 0.3 is 0 Å². The summed E-state index contributed by atoms with van der Waals surface area (Å²) in [5, 5.41) is 0. The highest BCUT2D eigenvalue weighted by molar-refractivity contribution is 6.10. The van der Waals surface area contributed by atoms with E-state index in [-0.39, 0.29) is 5.78 Å². The van der Waals surface area contributed by atoms with Crippen molar-refractivity contribution in [3.05, 3.63) is 59.3 Å². The molecule has 0 N–H and O–H groups in total. The van der Waals surface area contributed by atoms with E-state index in [4.69, 9.17) is 4.74 Å². The quantitative estimate of drug-likeness (QED) is 0.795. The molecule has 1 aliphatic carbocycles. The number of pyridine rings is 1. The maximum atomic E-state index is 12.6. The minimum atomic E-state index is -0.0314. The molecule has 1 aromatic heterocycles. The van der Waals surface area contributed by atoms with Crippen molar-refractivity contribution in [2.24, 2.45) is 0 Å². The van der Waals surface area contributed by atoms with E-state index in [0.717, 1.165) is 0 Å². The van der Waals surface area contributed by atoms with Gasteiger partial charge in [-0.1, -0.05) is 24.6 Å². The molecule has 2 aromatic rings. The molecule has 0 aliphatic heterocycles. The van der Waals surface area contributed by atoms with Crippen LogP contribution in [0.15, 0.2) is 42.6 Å². The molecule has 102 valence electrons. The molecule has 1 aliphatic rings.